The molecule has 2 aromatic rings. The average Bonchev–Trinajstić information content (AvgIpc) is 3.04. The average molecular weight is 332 g/mol. The Morgan fingerprint density at radius 3 is 2.71 bits per heavy atom. The van der Waals surface area contributed by atoms with Gasteiger partial charge in [-0.25, -0.2) is 4.79 Å². The third-order valence-electron chi connectivity index (χ3n) is 3.83. The fourth-order valence-electron chi connectivity index (χ4n) is 2.76. The van der Waals surface area contributed by atoms with E-state index in [1.54, 1.807) is 10.9 Å². The smallest absolute Gasteiger partial charge is 0.317 e. The van der Waals surface area contributed by atoms with E-state index >= 15 is 0 Å². The minimum atomic E-state index is -0.0465. The summed E-state index contributed by atoms with van der Waals surface area (Å²) in [6.45, 7) is 10.0. The molecule has 1 atom stereocenters. The van der Waals surface area contributed by atoms with E-state index in [0.29, 0.717) is 19.6 Å². The molecule has 7 nitrogen and oxygen atoms in total. The highest BCUT2D eigenvalue weighted by Crippen LogP contribution is 2.06. The number of nitrogens with one attached hydrogen (secondary N) is 1. The van der Waals surface area contributed by atoms with Gasteiger partial charge in [0.15, 0.2) is 0 Å². The fraction of sp³-hybridized carbons (Fsp3) is 0.588. The van der Waals surface area contributed by atoms with Gasteiger partial charge in [0, 0.05) is 37.1 Å². The molecule has 1 N–H and O–H groups in total. The van der Waals surface area contributed by atoms with Gasteiger partial charge in [0.2, 0.25) is 0 Å². The monoisotopic (exact) mass is 332 g/mol. The van der Waals surface area contributed by atoms with Gasteiger partial charge in [0.1, 0.15) is 0 Å². The van der Waals surface area contributed by atoms with Crippen LogP contribution in [0.3, 0.4) is 0 Å². The number of urea groups is 1. The second kappa shape index (κ2) is 7.99. The van der Waals surface area contributed by atoms with Crippen LogP contribution in [-0.4, -0.2) is 43.1 Å². The number of hydrogen-bond acceptors (Lipinski definition) is 3. The van der Waals surface area contributed by atoms with Crippen LogP contribution in [-0.2, 0) is 20.1 Å². The Kier molecular flexibility index (Phi) is 6.00. The number of rotatable bonds is 7. The number of amides is 2. The molecule has 7 heteroatoms. The molecule has 0 fully saturated rings. The minimum absolute atomic E-state index is 0.00348. The van der Waals surface area contributed by atoms with Crippen molar-refractivity contribution >= 4 is 6.03 Å². The van der Waals surface area contributed by atoms with Gasteiger partial charge in [-0.05, 0) is 33.3 Å². The molecule has 132 valence electrons. The number of carbonyl (C=O) groups is 1. The summed E-state index contributed by atoms with van der Waals surface area (Å²) >= 11 is 0. The van der Waals surface area contributed by atoms with Crippen molar-refractivity contribution in [1.29, 1.82) is 0 Å². The lowest BCUT2D eigenvalue weighted by atomic mass is 10.3. The van der Waals surface area contributed by atoms with Crippen molar-refractivity contribution in [1.82, 2.24) is 29.8 Å². The first-order chi connectivity index (χ1) is 11.4. The van der Waals surface area contributed by atoms with Crippen LogP contribution in [0.25, 0.3) is 0 Å². The molecule has 0 aliphatic heterocycles. The predicted molar refractivity (Wildman–Crippen MR) is 93.6 cm³/mol. The normalized spacial score (nSPS) is 12.2. The van der Waals surface area contributed by atoms with Crippen molar-refractivity contribution in [2.75, 3.05) is 6.54 Å². The van der Waals surface area contributed by atoms with E-state index in [0.717, 1.165) is 23.4 Å². The number of carbonyl (C=O) groups excluding carboxylic acids is 1. The molecule has 2 amide bonds. The van der Waals surface area contributed by atoms with E-state index in [1.807, 2.05) is 49.7 Å². The van der Waals surface area contributed by atoms with Crippen molar-refractivity contribution < 1.29 is 4.79 Å². The second-order valence-corrected chi connectivity index (χ2v) is 6.40. The molecular formula is C17H28N6O. The number of nitrogens with zero attached hydrogens (tertiary/aromatic N) is 5. The van der Waals surface area contributed by atoms with Crippen LogP contribution in [0.5, 0.6) is 0 Å². The van der Waals surface area contributed by atoms with Gasteiger partial charge in [-0.3, -0.25) is 9.36 Å². The van der Waals surface area contributed by atoms with E-state index in [2.05, 4.69) is 22.4 Å². The summed E-state index contributed by atoms with van der Waals surface area (Å²) in [5.74, 6) is 0. The first-order valence-electron chi connectivity index (χ1n) is 8.43. The predicted octanol–water partition coefficient (Wildman–Crippen LogP) is 2.24. The number of hydrogen-bond donors (Lipinski definition) is 1. The molecule has 24 heavy (non-hydrogen) atoms. The zero-order chi connectivity index (χ0) is 17.7. The summed E-state index contributed by atoms with van der Waals surface area (Å²) in [4.78, 5) is 14.4. The van der Waals surface area contributed by atoms with Gasteiger partial charge >= 0.3 is 6.03 Å². The molecule has 0 aromatic carbocycles. The third-order valence-corrected chi connectivity index (χ3v) is 3.83. The molecule has 0 radical (unpaired) electrons. The molecule has 0 saturated heterocycles. The van der Waals surface area contributed by atoms with Crippen LogP contribution in [0.2, 0.25) is 0 Å². The highest BCUT2D eigenvalue weighted by atomic mass is 16.2. The van der Waals surface area contributed by atoms with E-state index in [-0.39, 0.29) is 12.1 Å². The maximum atomic E-state index is 12.6. The van der Waals surface area contributed by atoms with Gasteiger partial charge in [-0.2, -0.15) is 10.2 Å². The first kappa shape index (κ1) is 18.0. The Morgan fingerprint density at radius 2 is 2.17 bits per heavy atom. The molecule has 2 aromatic heterocycles. The fourth-order valence-corrected chi connectivity index (χ4v) is 2.76. The van der Waals surface area contributed by atoms with Crippen LogP contribution in [0.1, 0.15) is 37.2 Å². The second-order valence-electron chi connectivity index (χ2n) is 6.40. The Balaban J connectivity index is 1.94. The summed E-state index contributed by atoms with van der Waals surface area (Å²) in [5, 5.41) is 11.7. The zero-order valence-corrected chi connectivity index (χ0v) is 15.3. The Hall–Kier alpha value is -2.31. The molecule has 2 heterocycles. The van der Waals surface area contributed by atoms with Gasteiger partial charge in [-0.1, -0.05) is 6.92 Å². The van der Waals surface area contributed by atoms with Gasteiger partial charge in [0.05, 0.1) is 25.0 Å². The lowest BCUT2D eigenvalue weighted by Gasteiger charge is -2.24. The Morgan fingerprint density at radius 1 is 1.42 bits per heavy atom. The van der Waals surface area contributed by atoms with Crippen LogP contribution in [0, 0.1) is 13.8 Å². The van der Waals surface area contributed by atoms with Crippen LogP contribution in [0.15, 0.2) is 18.5 Å². The zero-order valence-electron chi connectivity index (χ0n) is 15.3. The van der Waals surface area contributed by atoms with Crippen LogP contribution < -0.4 is 5.32 Å². The van der Waals surface area contributed by atoms with Crippen molar-refractivity contribution in [3.63, 3.8) is 0 Å². The lowest BCUT2D eigenvalue weighted by molar-refractivity contribution is 0.190. The maximum Gasteiger partial charge on any atom is 0.317 e. The van der Waals surface area contributed by atoms with Crippen LogP contribution >= 0.6 is 0 Å². The molecule has 1 unspecified atom stereocenters. The highest BCUT2D eigenvalue weighted by Gasteiger charge is 2.17. The quantitative estimate of drug-likeness (QED) is 0.845. The van der Waals surface area contributed by atoms with E-state index in [4.69, 9.17) is 0 Å². The lowest BCUT2D eigenvalue weighted by Crippen LogP contribution is -2.45. The molecule has 0 aliphatic rings. The summed E-state index contributed by atoms with van der Waals surface area (Å²) in [6, 6.07) is 2.00. The van der Waals surface area contributed by atoms with Crippen LogP contribution in [0.4, 0.5) is 4.79 Å². The summed E-state index contributed by atoms with van der Waals surface area (Å²) in [6.07, 6.45) is 4.66. The SMILES string of the molecule is CCCN(Cc1cnn(C)c1)C(=O)NC(C)Cn1nc(C)cc1C. The number of aryl methyl sites for hydroxylation is 3. The largest absolute Gasteiger partial charge is 0.334 e. The van der Waals surface area contributed by atoms with Crippen molar-refractivity contribution in [3.8, 4) is 0 Å². The van der Waals surface area contributed by atoms with Crippen molar-refractivity contribution in [3.05, 3.63) is 35.4 Å². The molecular weight excluding hydrogens is 304 g/mol. The molecule has 0 spiro atoms. The summed E-state index contributed by atoms with van der Waals surface area (Å²) in [7, 11) is 1.88. The third kappa shape index (κ3) is 4.84. The van der Waals surface area contributed by atoms with Gasteiger partial charge in [-0.15, -0.1) is 0 Å². The molecule has 0 saturated carbocycles. The van der Waals surface area contributed by atoms with E-state index in [9.17, 15) is 4.79 Å². The topological polar surface area (TPSA) is 68.0 Å². The van der Waals surface area contributed by atoms with E-state index < -0.39 is 0 Å². The molecule has 2 rings (SSSR count). The van der Waals surface area contributed by atoms with Gasteiger partial charge in [0.25, 0.3) is 0 Å². The number of aromatic nitrogens is 4. The van der Waals surface area contributed by atoms with Crippen molar-refractivity contribution in [2.24, 2.45) is 7.05 Å². The summed E-state index contributed by atoms with van der Waals surface area (Å²) < 4.78 is 3.69. The molecule has 0 aliphatic carbocycles. The van der Waals surface area contributed by atoms with Crippen molar-refractivity contribution in [2.45, 2.75) is 53.2 Å². The van der Waals surface area contributed by atoms with Gasteiger partial charge < -0.3 is 10.2 Å². The standard InChI is InChI=1S/C17H28N6O/c1-6-7-22(12-16-9-18-21(5)11-16)17(24)19-14(3)10-23-15(4)8-13(2)20-23/h8-9,11,14H,6-7,10,12H2,1-5H3,(H,19,24). The Labute approximate surface area is 143 Å². The molecule has 0 bridgehead atoms. The van der Waals surface area contributed by atoms with E-state index in [1.165, 1.54) is 0 Å². The highest BCUT2D eigenvalue weighted by molar-refractivity contribution is 5.74. The summed E-state index contributed by atoms with van der Waals surface area (Å²) in [5.41, 5.74) is 3.14. The Bertz CT molecular complexity index is 674. The minimum Gasteiger partial charge on any atom is -0.334 e. The first-order valence-corrected chi connectivity index (χ1v) is 8.43. The maximum absolute atomic E-state index is 12.6.